The van der Waals surface area contributed by atoms with E-state index in [-0.39, 0.29) is 5.92 Å². The number of alkyl halides is 1. The molecule has 0 bridgehead atoms. The minimum absolute atomic E-state index is 0.282. The zero-order valence-electron chi connectivity index (χ0n) is 14.8. The zero-order valence-corrected chi connectivity index (χ0v) is 14.8. The first-order valence-electron chi connectivity index (χ1n) is 9.31. The van der Waals surface area contributed by atoms with Crippen LogP contribution in [-0.2, 0) is 0 Å². The first-order chi connectivity index (χ1) is 13.3. The third-order valence-electron chi connectivity index (χ3n) is 5.49. The number of benzene rings is 4. The molecule has 0 spiro atoms. The van der Waals surface area contributed by atoms with E-state index in [1.165, 1.54) is 0 Å². The number of allylic oxidation sites excluding steroid dienone is 4. The van der Waals surface area contributed by atoms with Crippen LogP contribution < -0.4 is 0 Å². The fourth-order valence-corrected chi connectivity index (χ4v) is 4.18. The van der Waals surface area contributed by atoms with E-state index in [1.54, 1.807) is 0 Å². The fraction of sp³-hybridized carbons (Fsp3) is 0.0769. The molecule has 4 aromatic rings. The maximum atomic E-state index is 15.8. The molecule has 1 aliphatic rings. The van der Waals surface area contributed by atoms with Crippen molar-refractivity contribution in [1.29, 1.82) is 0 Å². The van der Waals surface area contributed by atoms with Crippen molar-refractivity contribution in [2.24, 2.45) is 0 Å². The summed E-state index contributed by atoms with van der Waals surface area (Å²) >= 11 is 0. The van der Waals surface area contributed by atoms with Crippen molar-refractivity contribution >= 4 is 27.1 Å². The number of fused-ring (bicyclic) bond motifs is 2. The average molecular weight is 350 g/mol. The minimum atomic E-state index is -1.08. The highest BCUT2D eigenvalue weighted by molar-refractivity contribution is 5.96. The van der Waals surface area contributed by atoms with Crippen molar-refractivity contribution in [3.8, 4) is 0 Å². The molecule has 0 saturated heterocycles. The second-order valence-electron chi connectivity index (χ2n) is 7.03. The van der Waals surface area contributed by atoms with Gasteiger partial charge in [0, 0.05) is 5.92 Å². The van der Waals surface area contributed by atoms with E-state index in [4.69, 9.17) is 0 Å². The SMILES string of the molecule is FC1C(c2cccc3ccccc23)=CC=CC1c1cccc2ccccc12. The number of hydrogen-bond acceptors (Lipinski definition) is 0. The lowest BCUT2D eigenvalue weighted by Crippen LogP contribution is -2.17. The topological polar surface area (TPSA) is 0 Å². The molecule has 130 valence electrons. The van der Waals surface area contributed by atoms with E-state index in [9.17, 15) is 0 Å². The predicted octanol–water partition coefficient (Wildman–Crippen LogP) is 7.07. The van der Waals surface area contributed by atoms with Crippen molar-refractivity contribution in [2.75, 3.05) is 0 Å². The van der Waals surface area contributed by atoms with Gasteiger partial charge >= 0.3 is 0 Å². The molecule has 5 rings (SSSR count). The number of halogens is 1. The van der Waals surface area contributed by atoms with Crippen molar-refractivity contribution in [3.63, 3.8) is 0 Å². The Morgan fingerprint density at radius 3 is 2.07 bits per heavy atom. The summed E-state index contributed by atoms with van der Waals surface area (Å²) in [5.41, 5.74) is 2.78. The molecule has 0 amide bonds. The summed E-state index contributed by atoms with van der Waals surface area (Å²) < 4.78 is 15.8. The molecule has 4 aromatic carbocycles. The van der Waals surface area contributed by atoms with Gasteiger partial charge in [0.2, 0.25) is 0 Å². The molecular formula is C26H19F. The molecule has 0 radical (unpaired) electrons. The Hall–Kier alpha value is -3.19. The Morgan fingerprint density at radius 1 is 0.630 bits per heavy atom. The van der Waals surface area contributed by atoms with Crippen LogP contribution in [0.2, 0.25) is 0 Å². The summed E-state index contributed by atoms with van der Waals surface area (Å²) in [4.78, 5) is 0. The quantitative estimate of drug-likeness (QED) is 0.363. The van der Waals surface area contributed by atoms with Gasteiger partial charge in [-0.1, -0.05) is 103 Å². The molecule has 0 fully saturated rings. The Morgan fingerprint density at radius 2 is 1.26 bits per heavy atom. The van der Waals surface area contributed by atoms with Gasteiger partial charge in [-0.05, 0) is 38.2 Å². The van der Waals surface area contributed by atoms with E-state index in [2.05, 4.69) is 42.5 Å². The minimum Gasteiger partial charge on any atom is -0.241 e. The highest BCUT2D eigenvalue weighted by atomic mass is 19.1. The van der Waals surface area contributed by atoms with Crippen LogP contribution in [0, 0.1) is 0 Å². The van der Waals surface area contributed by atoms with Gasteiger partial charge < -0.3 is 0 Å². The fourth-order valence-electron chi connectivity index (χ4n) is 4.18. The van der Waals surface area contributed by atoms with Crippen molar-refractivity contribution in [2.45, 2.75) is 12.1 Å². The van der Waals surface area contributed by atoms with E-state index >= 15 is 4.39 Å². The van der Waals surface area contributed by atoms with E-state index < -0.39 is 6.17 Å². The van der Waals surface area contributed by atoms with Crippen LogP contribution in [0.15, 0.2) is 103 Å². The second-order valence-corrected chi connectivity index (χ2v) is 7.03. The molecule has 1 heteroatoms. The Kier molecular flexibility index (Phi) is 3.86. The molecule has 0 aromatic heterocycles. The van der Waals surface area contributed by atoms with Crippen LogP contribution in [0.25, 0.3) is 27.1 Å². The summed E-state index contributed by atoms with van der Waals surface area (Å²) in [7, 11) is 0. The van der Waals surface area contributed by atoms with Gasteiger partial charge in [0.15, 0.2) is 0 Å². The van der Waals surface area contributed by atoms with Gasteiger partial charge in [0.1, 0.15) is 6.17 Å². The summed E-state index contributed by atoms with van der Waals surface area (Å²) in [5.74, 6) is -0.282. The molecule has 27 heavy (non-hydrogen) atoms. The predicted molar refractivity (Wildman–Crippen MR) is 113 cm³/mol. The van der Waals surface area contributed by atoms with Gasteiger partial charge in [-0.3, -0.25) is 0 Å². The molecule has 1 aliphatic carbocycles. The molecule has 2 unspecified atom stereocenters. The summed E-state index contributed by atoms with van der Waals surface area (Å²) in [6.07, 6.45) is 4.83. The van der Waals surface area contributed by atoms with Crippen LogP contribution >= 0.6 is 0 Å². The van der Waals surface area contributed by atoms with E-state index in [1.807, 2.05) is 60.7 Å². The molecule has 0 heterocycles. The lowest BCUT2D eigenvalue weighted by molar-refractivity contribution is 0.382. The third-order valence-corrected chi connectivity index (χ3v) is 5.49. The summed E-state index contributed by atoms with van der Waals surface area (Å²) in [6.45, 7) is 0. The van der Waals surface area contributed by atoms with E-state index in [0.29, 0.717) is 0 Å². The van der Waals surface area contributed by atoms with Crippen LogP contribution in [0.5, 0.6) is 0 Å². The van der Waals surface area contributed by atoms with Crippen molar-refractivity contribution in [3.05, 3.63) is 114 Å². The maximum absolute atomic E-state index is 15.8. The summed E-state index contributed by atoms with van der Waals surface area (Å²) in [5, 5.41) is 4.51. The first-order valence-corrected chi connectivity index (χ1v) is 9.31. The molecular weight excluding hydrogens is 331 g/mol. The van der Waals surface area contributed by atoms with Gasteiger partial charge in [-0.2, -0.15) is 0 Å². The highest BCUT2D eigenvalue weighted by Gasteiger charge is 2.29. The van der Waals surface area contributed by atoms with Crippen LogP contribution in [0.3, 0.4) is 0 Å². The summed E-state index contributed by atoms with van der Waals surface area (Å²) in [6, 6.07) is 28.7. The van der Waals surface area contributed by atoms with Crippen molar-refractivity contribution in [1.82, 2.24) is 0 Å². The van der Waals surface area contributed by atoms with E-state index in [0.717, 1.165) is 38.2 Å². The van der Waals surface area contributed by atoms with Gasteiger partial charge in [-0.25, -0.2) is 4.39 Å². The van der Waals surface area contributed by atoms with Gasteiger partial charge in [-0.15, -0.1) is 0 Å². The number of rotatable bonds is 2. The molecule has 0 aliphatic heterocycles. The molecule has 0 saturated carbocycles. The van der Waals surface area contributed by atoms with Gasteiger partial charge in [0.25, 0.3) is 0 Å². The Labute approximate surface area is 158 Å². The second kappa shape index (κ2) is 6.51. The molecule has 0 N–H and O–H groups in total. The average Bonchev–Trinajstić information content (AvgIpc) is 2.73. The monoisotopic (exact) mass is 350 g/mol. The number of hydrogen-bond donors (Lipinski definition) is 0. The zero-order chi connectivity index (χ0) is 18.2. The molecule has 2 atom stereocenters. The Balaban J connectivity index is 1.63. The van der Waals surface area contributed by atoms with Crippen LogP contribution in [0.1, 0.15) is 17.0 Å². The third kappa shape index (κ3) is 2.67. The van der Waals surface area contributed by atoms with Crippen molar-refractivity contribution < 1.29 is 4.39 Å². The normalized spacial score (nSPS) is 19.4. The first kappa shape index (κ1) is 16.0. The van der Waals surface area contributed by atoms with Crippen LogP contribution in [-0.4, -0.2) is 6.17 Å². The smallest absolute Gasteiger partial charge is 0.136 e. The standard InChI is InChI=1S/C26H19F/c27-26-24(22-14-5-10-18-8-1-3-12-20(18)22)16-7-17-25(26)23-15-6-11-19-9-2-4-13-21(19)23/h1-17,24,26H. The van der Waals surface area contributed by atoms with Crippen LogP contribution in [0.4, 0.5) is 4.39 Å². The lowest BCUT2D eigenvalue weighted by atomic mass is 9.81. The maximum Gasteiger partial charge on any atom is 0.136 e. The Bertz CT molecular complexity index is 1190. The lowest BCUT2D eigenvalue weighted by Gasteiger charge is -2.26. The molecule has 0 nitrogen and oxygen atoms in total. The largest absolute Gasteiger partial charge is 0.241 e. The highest BCUT2D eigenvalue weighted by Crippen LogP contribution is 2.40. The van der Waals surface area contributed by atoms with Gasteiger partial charge in [0.05, 0.1) is 0 Å².